The summed E-state index contributed by atoms with van der Waals surface area (Å²) in [5.74, 6) is 0. The smallest absolute Gasteiger partial charge is 0.0161 e. The molecule has 0 amide bonds. The average molecular weight is 214 g/mol. The molecule has 0 aliphatic carbocycles. The van der Waals surface area contributed by atoms with Gasteiger partial charge in [0, 0.05) is 18.1 Å². The second kappa shape index (κ2) is 5.31. The molecule has 0 aliphatic heterocycles. The molecule has 0 heterocycles. The van der Waals surface area contributed by atoms with Crippen LogP contribution < -0.4 is 5.73 Å². The molecule has 0 rings (SSSR count). The molecule has 0 saturated carbocycles. The summed E-state index contributed by atoms with van der Waals surface area (Å²) in [6.45, 7) is 14.3. The molecule has 0 aromatic carbocycles. The number of rotatable bonds is 6. The SMILES string of the molecule is CCCC(C)N(C)CC(C)(C)C(C)(C)N. The highest BCUT2D eigenvalue weighted by molar-refractivity contribution is 4.92. The van der Waals surface area contributed by atoms with Crippen LogP contribution in [0.25, 0.3) is 0 Å². The molecule has 2 N–H and O–H groups in total. The maximum Gasteiger partial charge on any atom is 0.0161 e. The van der Waals surface area contributed by atoms with Crippen molar-refractivity contribution >= 4 is 0 Å². The van der Waals surface area contributed by atoms with Gasteiger partial charge in [-0.1, -0.05) is 27.2 Å². The normalized spacial score (nSPS) is 15.8. The Morgan fingerprint density at radius 1 is 1.20 bits per heavy atom. The molecule has 0 fully saturated rings. The Morgan fingerprint density at radius 3 is 2.00 bits per heavy atom. The highest BCUT2D eigenvalue weighted by Gasteiger charge is 2.34. The van der Waals surface area contributed by atoms with Crippen LogP contribution in [0.5, 0.6) is 0 Å². The number of hydrogen-bond donors (Lipinski definition) is 1. The maximum absolute atomic E-state index is 6.21. The van der Waals surface area contributed by atoms with Crippen molar-refractivity contribution in [3.05, 3.63) is 0 Å². The molecular weight excluding hydrogens is 184 g/mol. The molecule has 0 saturated heterocycles. The monoisotopic (exact) mass is 214 g/mol. The first kappa shape index (κ1) is 14.9. The van der Waals surface area contributed by atoms with Crippen LogP contribution >= 0.6 is 0 Å². The Bertz CT molecular complexity index is 179. The van der Waals surface area contributed by atoms with Crippen molar-refractivity contribution in [2.45, 2.75) is 66.0 Å². The fourth-order valence-corrected chi connectivity index (χ4v) is 1.62. The molecule has 1 atom stereocenters. The Balaban J connectivity index is 4.33. The predicted molar refractivity (Wildman–Crippen MR) is 69.0 cm³/mol. The van der Waals surface area contributed by atoms with E-state index in [2.05, 4.69) is 53.5 Å². The lowest BCUT2D eigenvalue weighted by molar-refractivity contribution is 0.104. The number of hydrogen-bond acceptors (Lipinski definition) is 2. The first-order valence-corrected chi connectivity index (χ1v) is 6.11. The standard InChI is InChI=1S/C13H30N2/c1-8-9-11(2)15(7)10-12(3,4)13(5,6)14/h11H,8-10,14H2,1-7H3. The Labute approximate surface area is 96.2 Å². The van der Waals surface area contributed by atoms with Gasteiger partial charge in [-0.15, -0.1) is 0 Å². The van der Waals surface area contributed by atoms with Crippen LogP contribution in [0.15, 0.2) is 0 Å². The van der Waals surface area contributed by atoms with Crippen LogP contribution in [0.3, 0.4) is 0 Å². The molecular formula is C13H30N2. The summed E-state index contributed by atoms with van der Waals surface area (Å²) in [5.41, 5.74) is 6.22. The maximum atomic E-state index is 6.21. The lowest BCUT2D eigenvalue weighted by Crippen LogP contribution is -2.53. The van der Waals surface area contributed by atoms with Crippen LogP contribution in [0.2, 0.25) is 0 Å². The van der Waals surface area contributed by atoms with E-state index in [4.69, 9.17) is 5.73 Å². The van der Waals surface area contributed by atoms with Gasteiger partial charge in [-0.2, -0.15) is 0 Å². The summed E-state index contributed by atoms with van der Waals surface area (Å²) in [4.78, 5) is 2.43. The van der Waals surface area contributed by atoms with Gasteiger partial charge in [-0.25, -0.2) is 0 Å². The Kier molecular flexibility index (Phi) is 5.28. The Morgan fingerprint density at radius 2 is 1.67 bits per heavy atom. The van der Waals surface area contributed by atoms with E-state index in [0.717, 1.165) is 6.54 Å². The molecule has 15 heavy (non-hydrogen) atoms. The van der Waals surface area contributed by atoms with Gasteiger partial charge >= 0.3 is 0 Å². The highest BCUT2D eigenvalue weighted by atomic mass is 15.1. The first-order valence-electron chi connectivity index (χ1n) is 6.11. The van der Waals surface area contributed by atoms with Crippen LogP contribution in [-0.2, 0) is 0 Å². The third kappa shape index (κ3) is 4.52. The van der Waals surface area contributed by atoms with E-state index in [0.29, 0.717) is 6.04 Å². The van der Waals surface area contributed by atoms with Crippen molar-refractivity contribution in [2.24, 2.45) is 11.1 Å². The van der Waals surface area contributed by atoms with Crippen LogP contribution in [0, 0.1) is 5.41 Å². The minimum absolute atomic E-state index is 0.132. The van der Waals surface area contributed by atoms with Gasteiger partial charge in [0.2, 0.25) is 0 Å². The van der Waals surface area contributed by atoms with Crippen molar-refractivity contribution in [2.75, 3.05) is 13.6 Å². The summed E-state index contributed by atoms with van der Waals surface area (Å²) in [6.07, 6.45) is 2.51. The first-order chi connectivity index (χ1) is 6.62. The summed E-state index contributed by atoms with van der Waals surface area (Å²) in [7, 11) is 2.20. The van der Waals surface area contributed by atoms with Gasteiger partial charge in [0.25, 0.3) is 0 Å². The topological polar surface area (TPSA) is 29.3 Å². The van der Waals surface area contributed by atoms with Crippen LogP contribution in [-0.4, -0.2) is 30.1 Å². The lowest BCUT2D eigenvalue weighted by Gasteiger charge is -2.42. The molecule has 2 heteroatoms. The van der Waals surface area contributed by atoms with E-state index < -0.39 is 0 Å². The Hall–Kier alpha value is -0.0800. The van der Waals surface area contributed by atoms with E-state index in [1.807, 2.05) is 0 Å². The van der Waals surface area contributed by atoms with Crippen molar-refractivity contribution in [3.8, 4) is 0 Å². The number of nitrogens with zero attached hydrogens (tertiary/aromatic N) is 1. The summed E-state index contributed by atoms with van der Waals surface area (Å²) < 4.78 is 0. The van der Waals surface area contributed by atoms with Crippen molar-refractivity contribution < 1.29 is 0 Å². The van der Waals surface area contributed by atoms with Crippen LogP contribution in [0.1, 0.15) is 54.4 Å². The number of nitrogens with two attached hydrogens (primary N) is 1. The quantitative estimate of drug-likeness (QED) is 0.736. The fraction of sp³-hybridized carbons (Fsp3) is 1.00. The summed E-state index contributed by atoms with van der Waals surface area (Å²) in [5, 5.41) is 0. The fourth-order valence-electron chi connectivity index (χ4n) is 1.62. The third-order valence-electron chi connectivity index (χ3n) is 3.85. The second-order valence-electron chi connectivity index (χ2n) is 6.16. The summed E-state index contributed by atoms with van der Waals surface area (Å²) in [6, 6.07) is 0.650. The highest BCUT2D eigenvalue weighted by Crippen LogP contribution is 2.29. The molecule has 0 spiro atoms. The van der Waals surface area contributed by atoms with E-state index in [-0.39, 0.29) is 11.0 Å². The zero-order chi connectivity index (χ0) is 12.3. The van der Waals surface area contributed by atoms with E-state index in [1.165, 1.54) is 12.8 Å². The van der Waals surface area contributed by atoms with Gasteiger partial charge in [-0.3, -0.25) is 0 Å². The molecule has 0 aromatic rings. The zero-order valence-corrected chi connectivity index (χ0v) is 11.7. The molecule has 92 valence electrons. The van der Waals surface area contributed by atoms with Crippen molar-refractivity contribution in [3.63, 3.8) is 0 Å². The third-order valence-corrected chi connectivity index (χ3v) is 3.85. The van der Waals surface area contributed by atoms with Gasteiger partial charge in [-0.05, 0) is 39.7 Å². The minimum atomic E-state index is -0.132. The van der Waals surface area contributed by atoms with Gasteiger partial charge in [0.05, 0.1) is 0 Å². The molecule has 0 radical (unpaired) electrons. The van der Waals surface area contributed by atoms with Gasteiger partial charge in [0.15, 0.2) is 0 Å². The van der Waals surface area contributed by atoms with Crippen LogP contribution in [0.4, 0.5) is 0 Å². The largest absolute Gasteiger partial charge is 0.325 e. The van der Waals surface area contributed by atoms with Gasteiger partial charge in [0.1, 0.15) is 0 Å². The molecule has 0 aliphatic rings. The molecule has 2 nitrogen and oxygen atoms in total. The predicted octanol–water partition coefficient (Wildman–Crippen LogP) is 2.87. The van der Waals surface area contributed by atoms with E-state index in [9.17, 15) is 0 Å². The molecule has 0 bridgehead atoms. The molecule has 0 aromatic heterocycles. The lowest BCUT2D eigenvalue weighted by atomic mass is 9.74. The zero-order valence-electron chi connectivity index (χ0n) is 11.7. The average Bonchev–Trinajstić information content (AvgIpc) is 2.01. The van der Waals surface area contributed by atoms with Crippen molar-refractivity contribution in [1.82, 2.24) is 4.90 Å². The second-order valence-corrected chi connectivity index (χ2v) is 6.16. The minimum Gasteiger partial charge on any atom is -0.325 e. The van der Waals surface area contributed by atoms with E-state index >= 15 is 0 Å². The summed E-state index contributed by atoms with van der Waals surface area (Å²) >= 11 is 0. The van der Waals surface area contributed by atoms with Gasteiger partial charge < -0.3 is 10.6 Å². The van der Waals surface area contributed by atoms with E-state index in [1.54, 1.807) is 0 Å². The van der Waals surface area contributed by atoms with Crippen molar-refractivity contribution in [1.29, 1.82) is 0 Å². The molecule has 1 unspecified atom stereocenters.